The van der Waals surface area contributed by atoms with Gasteiger partial charge in [0.05, 0.1) is 5.41 Å². The third-order valence-electron chi connectivity index (χ3n) is 5.48. The molecule has 1 fully saturated rings. The number of amides is 2. The third kappa shape index (κ3) is 4.41. The highest BCUT2D eigenvalue weighted by Crippen LogP contribution is 2.35. The second kappa shape index (κ2) is 9.00. The molecule has 148 valence electrons. The lowest BCUT2D eigenvalue weighted by Gasteiger charge is -2.28. The van der Waals surface area contributed by atoms with Gasteiger partial charge in [-0.1, -0.05) is 37.3 Å². The Kier molecular flexibility index (Phi) is 6.45. The fourth-order valence-electron chi connectivity index (χ4n) is 3.95. The minimum absolute atomic E-state index is 0.0538. The largest absolute Gasteiger partial charge is 0.356 e. The number of pyridine rings is 1. The lowest BCUT2D eigenvalue weighted by molar-refractivity contribution is -0.133. The summed E-state index contributed by atoms with van der Waals surface area (Å²) in [5, 5.41) is 2.99. The summed E-state index contributed by atoms with van der Waals surface area (Å²) in [5.41, 5.74) is 2.75. The van der Waals surface area contributed by atoms with Crippen molar-refractivity contribution in [3.05, 3.63) is 54.4 Å². The van der Waals surface area contributed by atoms with E-state index in [-0.39, 0.29) is 11.8 Å². The van der Waals surface area contributed by atoms with Crippen molar-refractivity contribution in [3.8, 4) is 11.1 Å². The predicted molar refractivity (Wildman–Crippen MR) is 111 cm³/mol. The number of carbonyl (C=O) groups is 2. The summed E-state index contributed by atoms with van der Waals surface area (Å²) in [4.78, 5) is 31.3. The molecular formula is C23H29N3O2. The molecule has 1 aliphatic rings. The monoisotopic (exact) mass is 379 g/mol. The van der Waals surface area contributed by atoms with Crippen LogP contribution in [0.1, 0.15) is 38.7 Å². The third-order valence-corrected chi connectivity index (χ3v) is 5.48. The Morgan fingerprint density at radius 2 is 1.93 bits per heavy atom. The summed E-state index contributed by atoms with van der Waals surface area (Å²) in [7, 11) is 0. The van der Waals surface area contributed by atoms with Crippen molar-refractivity contribution in [1.29, 1.82) is 0 Å². The van der Waals surface area contributed by atoms with E-state index >= 15 is 0 Å². The maximum Gasteiger partial charge on any atom is 0.228 e. The summed E-state index contributed by atoms with van der Waals surface area (Å²) in [6, 6.07) is 12.3. The van der Waals surface area contributed by atoms with Crippen LogP contribution in [0.2, 0.25) is 0 Å². The molecule has 28 heavy (non-hydrogen) atoms. The van der Waals surface area contributed by atoms with Crippen molar-refractivity contribution in [1.82, 2.24) is 15.2 Å². The van der Waals surface area contributed by atoms with E-state index in [4.69, 9.17) is 0 Å². The van der Waals surface area contributed by atoms with Crippen LogP contribution >= 0.6 is 0 Å². The average Bonchev–Trinajstić information content (AvgIpc) is 3.15. The molecule has 0 spiro atoms. The second-order valence-electron chi connectivity index (χ2n) is 7.57. The highest BCUT2D eigenvalue weighted by atomic mass is 16.2. The van der Waals surface area contributed by atoms with Crippen LogP contribution in [0.4, 0.5) is 0 Å². The quantitative estimate of drug-likeness (QED) is 0.801. The van der Waals surface area contributed by atoms with E-state index in [0.717, 1.165) is 23.1 Å². The molecule has 1 aliphatic heterocycles. The highest BCUT2D eigenvalue weighted by Gasteiger charge is 2.45. The van der Waals surface area contributed by atoms with Gasteiger partial charge in [0.25, 0.3) is 0 Å². The fraction of sp³-hybridized carbons (Fsp3) is 0.435. The summed E-state index contributed by atoms with van der Waals surface area (Å²) in [6.45, 7) is 5.70. The van der Waals surface area contributed by atoms with Crippen LogP contribution < -0.4 is 5.32 Å². The fourth-order valence-corrected chi connectivity index (χ4v) is 3.95. The van der Waals surface area contributed by atoms with Gasteiger partial charge in [-0.2, -0.15) is 0 Å². The zero-order valence-corrected chi connectivity index (χ0v) is 16.8. The van der Waals surface area contributed by atoms with Crippen molar-refractivity contribution >= 4 is 11.8 Å². The average molecular weight is 380 g/mol. The van der Waals surface area contributed by atoms with Crippen molar-refractivity contribution in [2.75, 3.05) is 19.6 Å². The normalized spacial score (nSPS) is 18.9. The number of hydrogen-bond donors (Lipinski definition) is 1. The number of benzene rings is 1. The molecule has 5 heteroatoms. The maximum absolute atomic E-state index is 12.9. The van der Waals surface area contributed by atoms with E-state index in [1.165, 1.54) is 0 Å². The van der Waals surface area contributed by atoms with Crippen molar-refractivity contribution in [3.63, 3.8) is 0 Å². The van der Waals surface area contributed by atoms with Gasteiger partial charge in [0.1, 0.15) is 0 Å². The molecule has 0 bridgehead atoms. The zero-order chi connectivity index (χ0) is 20.0. The van der Waals surface area contributed by atoms with Crippen molar-refractivity contribution in [2.24, 2.45) is 5.41 Å². The number of likely N-dealkylation sites (tertiary alicyclic amines) is 1. The number of rotatable bonds is 7. The van der Waals surface area contributed by atoms with Crippen LogP contribution in [-0.4, -0.2) is 41.3 Å². The summed E-state index contributed by atoms with van der Waals surface area (Å²) in [6.07, 6.45) is 6.34. The number of nitrogens with one attached hydrogen (secondary N) is 1. The van der Waals surface area contributed by atoms with Gasteiger partial charge in [0.15, 0.2) is 0 Å². The molecule has 1 aromatic carbocycles. The number of nitrogens with zero attached hydrogens (tertiary/aromatic N) is 2. The van der Waals surface area contributed by atoms with Gasteiger partial charge in [-0.25, -0.2) is 0 Å². The van der Waals surface area contributed by atoms with Crippen LogP contribution in [-0.2, 0) is 16.0 Å². The van der Waals surface area contributed by atoms with E-state index in [1.807, 2.05) is 37.1 Å². The first kappa shape index (κ1) is 20.1. The molecule has 2 heterocycles. The minimum atomic E-state index is -0.546. The molecule has 1 atom stereocenters. The summed E-state index contributed by atoms with van der Waals surface area (Å²) < 4.78 is 0. The van der Waals surface area contributed by atoms with Crippen molar-refractivity contribution in [2.45, 2.75) is 39.5 Å². The molecule has 2 amide bonds. The first-order valence-electron chi connectivity index (χ1n) is 10.1. The Balaban J connectivity index is 1.79. The Hall–Kier alpha value is -2.69. The van der Waals surface area contributed by atoms with Crippen LogP contribution in [0.25, 0.3) is 11.1 Å². The molecular weight excluding hydrogens is 350 g/mol. The molecule has 0 aliphatic carbocycles. The molecule has 1 saturated heterocycles. The first-order valence-corrected chi connectivity index (χ1v) is 10.1. The van der Waals surface area contributed by atoms with Gasteiger partial charge >= 0.3 is 0 Å². The number of aromatic nitrogens is 1. The Bertz CT molecular complexity index is 804. The molecule has 0 saturated carbocycles. The predicted octanol–water partition coefficient (Wildman–Crippen LogP) is 3.45. The van der Waals surface area contributed by atoms with Crippen LogP contribution in [0.5, 0.6) is 0 Å². The topological polar surface area (TPSA) is 62.3 Å². The maximum atomic E-state index is 12.9. The molecule has 0 radical (unpaired) electrons. The van der Waals surface area contributed by atoms with Gasteiger partial charge in [-0.15, -0.1) is 0 Å². The standard InChI is InChI=1S/C23H29N3O2/c1-3-6-21(27)26-14-12-23(17-26,22(28)25-4-2)15-18-8-10-19(11-9-18)20-7-5-13-24-16-20/h5,7-11,13,16H,3-4,6,12,14-15,17H2,1-2H3,(H,25,28). The molecule has 1 N–H and O–H groups in total. The second-order valence-corrected chi connectivity index (χ2v) is 7.57. The van der Waals surface area contributed by atoms with Gasteiger partial charge < -0.3 is 10.2 Å². The van der Waals surface area contributed by atoms with Gasteiger partial charge in [-0.3, -0.25) is 14.6 Å². The Labute approximate surface area is 167 Å². The lowest BCUT2D eigenvalue weighted by atomic mass is 9.79. The van der Waals surface area contributed by atoms with Crippen LogP contribution in [0.15, 0.2) is 48.8 Å². The van der Waals surface area contributed by atoms with E-state index in [9.17, 15) is 9.59 Å². The van der Waals surface area contributed by atoms with Gasteiger partial charge in [0.2, 0.25) is 11.8 Å². The highest BCUT2D eigenvalue weighted by molar-refractivity contribution is 5.85. The van der Waals surface area contributed by atoms with Crippen molar-refractivity contribution < 1.29 is 9.59 Å². The van der Waals surface area contributed by atoms with E-state index < -0.39 is 5.41 Å². The van der Waals surface area contributed by atoms with Crippen LogP contribution in [0, 0.1) is 5.41 Å². The van der Waals surface area contributed by atoms with Gasteiger partial charge in [-0.05, 0) is 48.9 Å². The summed E-state index contributed by atoms with van der Waals surface area (Å²) in [5.74, 6) is 0.207. The number of hydrogen-bond acceptors (Lipinski definition) is 3. The molecule has 1 unspecified atom stereocenters. The smallest absolute Gasteiger partial charge is 0.228 e. The van der Waals surface area contributed by atoms with Crippen LogP contribution in [0.3, 0.4) is 0 Å². The Morgan fingerprint density at radius 3 is 2.57 bits per heavy atom. The molecule has 5 nitrogen and oxygen atoms in total. The molecule has 1 aromatic heterocycles. The van der Waals surface area contributed by atoms with Gasteiger partial charge in [0, 0.05) is 38.4 Å². The minimum Gasteiger partial charge on any atom is -0.356 e. The SMILES string of the molecule is CCCC(=O)N1CCC(Cc2ccc(-c3cccnc3)cc2)(C(=O)NCC)C1. The molecule has 3 rings (SSSR count). The van der Waals surface area contributed by atoms with E-state index in [1.54, 1.807) is 6.20 Å². The van der Waals surface area contributed by atoms with E-state index in [0.29, 0.717) is 38.9 Å². The number of carbonyl (C=O) groups excluding carboxylic acids is 2. The lowest BCUT2D eigenvalue weighted by Crippen LogP contribution is -2.45. The first-order chi connectivity index (χ1) is 13.6. The summed E-state index contributed by atoms with van der Waals surface area (Å²) >= 11 is 0. The van der Waals surface area contributed by atoms with E-state index in [2.05, 4.69) is 34.6 Å². The molecule has 2 aromatic rings. The zero-order valence-electron chi connectivity index (χ0n) is 16.8. The Morgan fingerprint density at radius 1 is 1.14 bits per heavy atom.